The van der Waals surface area contributed by atoms with Crippen LogP contribution in [0.3, 0.4) is 0 Å². The molecule has 2 aromatic carbocycles. The Bertz CT molecular complexity index is 514. The van der Waals surface area contributed by atoms with Crippen molar-refractivity contribution in [1.29, 1.82) is 0 Å². The summed E-state index contributed by atoms with van der Waals surface area (Å²) in [4.78, 5) is 0. The van der Waals surface area contributed by atoms with Gasteiger partial charge in [-0.25, -0.2) is 0 Å². The van der Waals surface area contributed by atoms with Crippen molar-refractivity contribution in [2.45, 2.75) is 0 Å². The number of para-hydroxylation sites is 1. The molecule has 112 valence electrons. The molecule has 0 saturated heterocycles. The first-order valence-electron chi connectivity index (χ1n) is 6.78. The zero-order valence-corrected chi connectivity index (χ0v) is 13.3. The second-order valence-electron chi connectivity index (χ2n) is 4.34. The van der Waals surface area contributed by atoms with Crippen molar-refractivity contribution >= 4 is 14.0 Å². The summed E-state index contributed by atoms with van der Waals surface area (Å²) < 4.78 is 22.6. The van der Waals surface area contributed by atoms with E-state index in [2.05, 4.69) is 0 Å². The average molecular weight is 304 g/mol. The van der Waals surface area contributed by atoms with E-state index in [1.807, 2.05) is 60.7 Å². The summed E-state index contributed by atoms with van der Waals surface area (Å²) in [6.07, 6.45) is 0. The normalized spacial score (nSPS) is 11.3. The van der Waals surface area contributed by atoms with Gasteiger partial charge in [0.25, 0.3) is 0 Å². The minimum absolute atomic E-state index is 0.400. The van der Waals surface area contributed by atoms with E-state index in [0.717, 1.165) is 10.9 Å². The Morgan fingerprint density at radius 2 is 1.33 bits per heavy atom. The highest BCUT2D eigenvalue weighted by atomic mass is 28.4. The van der Waals surface area contributed by atoms with Crippen LogP contribution >= 0.6 is 0 Å². The Balaban J connectivity index is 1.92. The lowest BCUT2D eigenvalue weighted by molar-refractivity contribution is 0.0962. The number of ether oxygens (including phenoxy) is 1. The van der Waals surface area contributed by atoms with Gasteiger partial charge in [0.15, 0.2) is 0 Å². The Kier molecular flexibility index (Phi) is 5.95. The van der Waals surface area contributed by atoms with Crippen LogP contribution in [0, 0.1) is 0 Å². The molecule has 0 aliphatic heterocycles. The molecule has 0 amide bonds. The third kappa shape index (κ3) is 4.15. The molecule has 0 saturated carbocycles. The van der Waals surface area contributed by atoms with Gasteiger partial charge in [0.2, 0.25) is 0 Å². The molecule has 0 aliphatic carbocycles. The van der Waals surface area contributed by atoms with Gasteiger partial charge in [0, 0.05) is 19.4 Å². The molecule has 0 spiro atoms. The van der Waals surface area contributed by atoms with Crippen molar-refractivity contribution < 1.29 is 18.0 Å². The van der Waals surface area contributed by atoms with Gasteiger partial charge in [-0.05, 0) is 12.1 Å². The fourth-order valence-electron chi connectivity index (χ4n) is 2.01. The largest absolute Gasteiger partial charge is 0.536 e. The molecule has 5 heteroatoms. The number of benzene rings is 2. The standard InChI is InChI=1S/C16H20O4Si/c1-17-21(18-2,16-11-7-4-8-12-16)20-14-13-19-15-9-5-3-6-10-15/h3-12H,13-14H2,1-2H3. The van der Waals surface area contributed by atoms with Crippen molar-refractivity contribution in [3.8, 4) is 5.75 Å². The van der Waals surface area contributed by atoms with E-state index < -0.39 is 8.80 Å². The molecule has 2 aromatic rings. The fraction of sp³-hybridized carbons (Fsp3) is 0.250. The van der Waals surface area contributed by atoms with E-state index in [9.17, 15) is 0 Å². The third-order valence-electron chi connectivity index (χ3n) is 3.05. The maximum atomic E-state index is 5.91. The van der Waals surface area contributed by atoms with Crippen LogP contribution < -0.4 is 9.92 Å². The molecule has 2 rings (SSSR count). The summed E-state index contributed by atoms with van der Waals surface area (Å²) in [6, 6.07) is 19.4. The molecule has 0 bridgehead atoms. The second-order valence-corrected chi connectivity index (χ2v) is 7.14. The Hall–Kier alpha value is -1.66. The van der Waals surface area contributed by atoms with Gasteiger partial charge < -0.3 is 18.0 Å². The van der Waals surface area contributed by atoms with Crippen molar-refractivity contribution in [1.82, 2.24) is 0 Å². The zero-order chi connectivity index (χ0) is 15.0. The average Bonchev–Trinajstić information content (AvgIpc) is 2.57. The number of hydrogen-bond acceptors (Lipinski definition) is 4. The molecular weight excluding hydrogens is 284 g/mol. The Morgan fingerprint density at radius 1 is 0.762 bits per heavy atom. The highest BCUT2D eigenvalue weighted by Crippen LogP contribution is 2.10. The minimum Gasteiger partial charge on any atom is -0.491 e. The first kappa shape index (κ1) is 15.7. The maximum absolute atomic E-state index is 5.91. The van der Waals surface area contributed by atoms with Crippen LogP contribution in [-0.4, -0.2) is 36.2 Å². The van der Waals surface area contributed by atoms with E-state index in [0.29, 0.717) is 13.2 Å². The number of hydrogen-bond donors (Lipinski definition) is 0. The van der Waals surface area contributed by atoms with Crippen LogP contribution in [0.4, 0.5) is 0 Å². The van der Waals surface area contributed by atoms with Gasteiger partial charge >= 0.3 is 8.80 Å². The lowest BCUT2D eigenvalue weighted by Crippen LogP contribution is -2.55. The van der Waals surface area contributed by atoms with Gasteiger partial charge in [-0.2, -0.15) is 0 Å². The molecule has 0 fully saturated rings. The molecule has 0 heterocycles. The van der Waals surface area contributed by atoms with Gasteiger partial charge in [-0.15, -0.1) is 0 Å². The van der Waals surface area contributed by atoms with Crippen LogP contribution in [0.15, 0.2) is 60.7 Å². The summed E-state index contributed by atoms with van der Waals surface area (Å²) in [5, 5.41) is 0.940. The van der Waals surface area contributed by atoms with Gasteiger partial charge in [0.1, 0.15) is 12.4 Å². The lowest BCUT2D eigenvalue weighted by atomic mass is 10.3. The van der Waals surface area contributed by atoms with E-state index in [1.54, 1.807) is 14.2 Å². The topological polar surface area (TPSA) is 36.9 Å². The first-order valence-corrected chi connectivity index (χ1v) is 8.51. The maximum Gasteiger partial charge on any atom is 0.536 e. The summed E-state index contributed by atoms with van der Waals surface area (Å²) in [5.74, 6) is 0.822. The van der Waals surface area contributed by atoms with Crippen molar-refractivity contribution in [2.75, 3.05) is 27.4 Å². The predicted molar refractivity (Wildman–Crippen MR) is 83.7 cm³/mol. The van der Waals surface area contributed by atoms with Gasteiger partial charge in [0.05, 0.1) is 6.61 Å². The first-order chi connectivity index (χ1) is 10.3. The van der Waals surface area contributed by atoms with Gasteiger partial charge in [-0.3, -0.25) is 0 Å². The summed E-state index contributed by atoms with van der Waals surface area (Å²) in [6.45, 7) is 0.843. The van der Waals surface area contributed by atoms with Crippen molar-refractivity contribution in [3.63, 3.8) is 0 Å². The summed E-state index contributed by atoms with van der Waals surface area (Å²) in [7, 11) is 0.386. The molecule has 4 nitrogen and oxygen atoms in total. The van der Waals surface area contributed by atoms with Gasteiger partial charge in [-0.1, -0.05) is 48.5 Å². The van der Waals surface area contributed by atoms with Crippen molar-refractivity contribution in [2.24, 2.45) is 0 Å². The van der Waals surface area contributed by atoms with Crippen LogP contribution in [0.25, 0.3) is 0 Å². The third-order valence-corrected chi connectivity index (χ3v) is 5.75. The van der Waals surface area contributed by atoms with E-state index in [1.165, 1.54) is 0 Å². The molecular formula is C16H20O4Si. The molecule has 0 atom stereocenters. The highest BCUT2D eigenvalue weighted by Gasteiger charge is 2.41. The molecule has 0 aliphatic rings. The van der Waals surface area contributed by atoms with Crippen LogP contribution in [0.2, 0.25) is 0 Å². The SMILES string of the molecule is CO[Si](OC)(OCCOc1ccccc1)c1ccccc1. The minimum atomic E-state index is -2.84. The lowest BCUT2D eigenvalue weighted by Gasteiger charge is -2.26. The van der Waals surface area contributed by atoms with E-state index in [-0.39, 0.29) is 0 Å². The number of rotatable bonds is 8. The predicted octanol–water partition coefficient (Wildman–Crippen LogP) is 2.22. The van der Waals surface area contributed by atoms with E-state index in [4.69, 9.17) is 18.0 Å². The van der Waals surface area contributed by atoms with Crippen LogP contribution in [0.5, 0.6) is 5.75 Å². The summed E-state index contributed by atoms with van der Waals surface area (Å²) in [5.41, 5.74) is 0. The fourth-order valence-corrected chi connectivity index (χ4v) is 4.01. The molecule has 0 aromatic heterocycles. The molecule has 0 N–H and O–H groups in total. The monoisotopic (exact) mass is 304 g/mol. The Morgan fingerprint density at radius 3 is 1.90 bits per heavy atom. The van der Waals surface area contributed by atoms with Crippen LogP contribution in [0.1, 0.15) is 0 Å². The Labute approximate surface area is 126 Å². The highest BCUT2D eigenvalue weighted by molar-refractivity contribution is 6.75. The second kappa shape index (κ2) is 7.95. The quantitative estimate of drug-likeness (QED) is 0.553. The van der Waals surface area contributed by atoms with Crippen LogP contribution in [-0.2, 0) is 13.3 Å². The van der Waals surface area contributed by atoms with Crippen molar-refractivity contribution in [3.05, 3.63) is 60.7 Å². The summed E-state index contributed by atoms with van der Waals surface area (Å²) >= 11 is 0. The smallest absolute Gasteiger partial charge is 0.491 e. The zero-order valence-electron chi connectivity index (χ0n) is 12.3. The molecule has 21 heavy (non-hydrogen) atoms. The van der Waals surface area contributed by atoms with E-state index >= 15 is 0 Å². The molecule has 0 radical (unpaired) electrons. The molecule has 0 unspecified atom stereocenters.